The Morgan fingerprint density at radius 1 is 0.971 bits per heavy atom. The van der Waals surface area contributed by atoms with Crippen molar-refractivity contribution >= 4 is 40.9 Å². The maximum atomic E-state index is 12.6. The Kier molecular flexibility index (Phi) is 8.07. The molecule has 3 rings (SSSR count). The average Bonchev–Trinajstić information content (AvgIpc) is 2.80. The molecule has 0 aliphatic heterocycles. The summed E-state index contributed by atoms with van der Waals surface area (Å²) in [7, 11) is 0. The third-order valence-electron chi connectivity index (χ3n) is 4.96. The van der Waals surface area contributed by atoms with Crippen LogP contribution in [0.4, 0.5) is 11.4 Å². The van der Waals surface area contributed by atoms with E-state index < -0.39 is 5.91 Å². The summed E-state index contributed by atoms with van der Waals surface area (Å²) in [4.78, 5) is 25.0. The summed E-state index contributed by atoms with van der Waals surface area (Å²) < 4.78 is 5.69. The van der Waals surface area contributed by atoms with Gasteiger partial charge in [-0.1, -0.05) is 47.0 Å². The molecular weight excluding hydrogens is 450 g/mol. The summed E-state index contributed by atoms with van der Waals surface area (Å²) in [5.41, 5.74) is 4.65. The fourth-order valence-corrected chi connectivity index (χ4v) is 3.37. The summed E-state index contributed by atoms with van der Waals surface area (Å²) in [6, 6.07) is 19.6. The highest BCUT2D eigenvalue weighted by atomic mass is 35.5. The van der Waals surface area contributed by atoms with Crippen molar-refractivity contribution in [3.8, 4) is 11.8 Å². The lowest BCUT2D eigenvalue weighted by atomic mass is 10.1. The Hall–Kier alpha value is -4.08. The molecule has 0 aliphatic carbocycles. The lowest BCUT2D eigenvalue weighted by molar-refractivity contribution is -0.118. The summed E-state index contributed by atoms with van der Waals surface area (Å²) in [6.45, 7) is 5.58. The standard InChI is InChI=1S/C27H24ClN3O3/c1-17-4-8-23(9-5-17)30-27(33)21(15-29)13-20-14-22(28)7-11-25(20)34-16-26(32)31-24-10-6-18(2)12-19(24)3/h4-14H,16H2,1-3H3,(H,30,33)(H,31,32)/b21-13-. The third kappa shape index (κ3) is 6.71. The number of amides is 2. The average molecular weight is 474 g/mol. The number of rotatable bonds is 7. The van der Waals surface area contributed by atoms with Crippen molar-refractivity contribution in [1.82, 2.24) is 0 Å². The van der Waals surface area contributed by atoms with Gasteiger partial charge in [-0.15, -0.1) is 0 Å². The van der Waals surface area contributed by atoms with Crippen molar-refractivity contribution in [2.75, 3.05) is 17.2 Å². The largest absolute Gasteiger partial charge is 0.483 e. The molecule has 2 amide bonds. The number of hydrogen-bond donors (Lipinski definition) is 2. The van der Waals surface area contributed by atoms with Crippen LogP contribution in [-0.4, -0.2) is 18.4 Å². The lowest BCUT2D eigenvalue weighted by Gasteiger charge is -2.12. The minimum absolute atomic E-state index is 0.132. The minimum Gasteiger partial charge on any atom is -0.483 e. The predicted molar refractivity (Wildman–Crippen MR) is 135 cm³/mol. The van der Waals surface area contributed by atoms with Crippen LogP contribution in [-0.2, 0) is 9.59 Å². The predicted octanol–water partition coefficient (Wildman–Crippen LogP) is 5.83. The van der Waals surface area contributed by atoms with Gasteiger partial charge in [0.15, 0.2) is 6.61 Å². The topological polar surface area (TPSA) is 91.2 Å². The SMILES string of the molecule is Cc1ccc(NC(=O)/C(C#N)=C\c2cc(Cl)ccc2OCC(=O)Nc2ccc(C)cc2C)cc1. The van der Waals surface area contributed by atoms with Gasteiger partial charge in [0.2, 0.25) is 0 Å². The van der Waals surface area contributed by atoms with Crippen LogP contribution in [0, 0.1) is 32.1 Å². The molecule has 0 spiro atoms. The Morgan fingerprint density at radius 3 is 2.35 bits per heavy atom. The van der Waals surface area contributed by atoms with E-state index in [1.807, 2.05) is 57.2 Å². The Morgan fingerprint density at radius 2 is 1.68 bits per heavy atom. The molecule has 0 fully saturated rings. The smallest absolute Gasteiger partial charge is 0.266 e. The van der Waals surface area contributed by atoms with E-state index in [0.29, 0.717) is 27.7 Å². The fourth-order valence-electron chi connectivity index (χ4n) is 3.19. The molecule has 0 aliphatic rings. The van der Waals surface area contributed by atoms with Gasteiger partial charge >= 0.3 is 0 Å². The second-order valence-electron chi connectivity index (χ2n) is 7.83. The number of carbonyl (C=O) groups excluding carboxylic acids is 2. The van der Waals surface area contributed by atoms with Crippen LogP contribution in [0.2, 0.25) is 5.02 Å². The summed E-state index contributed by atoms with van der Waals surface area (Å²) in [5.74, 6) is -0.588. The molecule has 0 bridgehead atoms. The van der Waals surface area contributed by atoms with Gasteiger partial charge in [0.1, 0.15) is 17.4 Å². The molecule has 2 N–H and O–H groups in total. The van der Waals surface area contributed by atoms with E-state index in [1.165, 1.54) is 6.08 Å². The van der Waals surface area contributed by atoms with Crippen LogP contribution in [0.1, 0.15) is 22.3 Å². The van der Waals surface area contributed by atoms with Gasteiger partial charge in [0.25, 0.3) is 11.8 Å². The highest BCUT2D eigenvalue weighted by molar-refractivity contribution is 6.30. The molecular formula is C27H24ClN3O3. The fraction of sp³-hybridized carbons (Fsp3) is 0.148. The van der Waals surface area contributed by atoms with Crippen molar-refractivity contribution in [3.05, 3.63) is 93.5 Å². The number of halogens is 1. The number of ether oxygens (including phenoxy) is 1. The van der Waals surface area contributed by atoms with E-state index in [4.69, 9.17) is 16.3 Å². The molecule has 6 nitrogen and oxygen atoms in total. The second kappa shape index (κ2) is 11.2. The summed E-state index contributed by atoms with van der Waals surface area (Å²) in [5, 5.41) is 15.5. The van der Waals surface area contributed by atoms with Crippen LogP contribution in [0.25, 0.3) is 6.08 Å². The van der Waals surface area contributed by atoms with Gasteiger partial charge < -0.3 is 15.4 Å². The number of nitriles is 1. The van der Waals surface area contributed by atoms with Crippen molar-refractivity contribution in [1.29, 1.82) is 5.26 Å². The Bertz CT molecular complexity index is 1290. The Labute approximate surface area is 203 Å². The monoisotopic (exact) mass is 473 g/mol. The molecule has 0 saturated carbocycles. The zero-order valence-electron chi connectivity index (χ0n) is 19.1. The third-order valence-corrected chi connectivity index (χ3v) is 5.20. The van der Waals surface area contributed by atoms with E-state index in [1.54, 1.807) is 30.3 Å². The maximum Gasteiger partial charge on any atom is 0.266 e. The van der Waals surface area contributed by atoms with E-state index in [0.717, 1.165) is 16.7 Å². The molecule has 3 aromatic rings. The first-order chi connectivity index (χ1) is 16.2. The van der Waals surface area contributed by atoms with Gasteiger partial charge in [-0.05, 0) is 68.8 Å². The van der Waals surface area contributed by atoms with E-state index >= 15 is 0 Å². The van der Waals surface area contributed by atoms with Crippen molar-refractivity contribution in [2.45, 2.75) is 20.8 Å². The molecule has 0 atom stereocenters. The first-order valence-electron chi connectivity index (χ1n) is 10.5. The number of aryl methyl sites for hydroxylation is 3. The highest BCUT2D eigenvalue weighted by Gasteiger charge is 2.13. The lowest BCUT2D eigenvalue weighted by Crippen LogP contribution is -2.21. The van der Waals surface area contributed by atoms with Crippen molar-refractivity contribution in [2.24, 2.45) is 0 Å². The zero-order chi connectivity index (χ0) is 24.7. The van der Waals surface area contributed by atoms with Crippen molar-refractivity contribution in [3.63, 3.8) is 0 Å². The highest BCUT2D eigenvalue weighted by Crippen LogP contribution is 2.26. The summed E-state index contributed by atoms with van der Waals surface area (Å²) in [6.07, 6.45) is 1.38. The van der Waals surface area contributed by atoms with Crippen LogP contribution in [0.5, 0.6) is 5.75 Å². The van der Waals surface area contributed by atoms with Crippen LogP contribution < -0.4 is 15.4 Å². The first kappa shape index (κ1) is 24.6. The van der Waals surface area contributed by atoms with E-state index in [9.17, 15) is 14.9 Å². The zero-order valence-corrected chi connectivity index (χ0v) is 19.9. The minimum atomic E-state index is -0.565. The molecule has 172 valence electrons. The molecule has 3 aromatic carbocycles. The van der Waals surface area contributed by atoms with Gasteiger partial charge in [0, 0.05) is 22.0 Å². The molecule has 7 heteroatoms. The van der Waals surface area contributed by atoms with Crippen LogP contribution in [0.3, 0.4) is 0 Å². The Balaban J connectivity index is 1.74. The van der Waals surface area contributed by atoms with Crippen LogP contribution in [0.15, 0.2) is 66.2 Å². The quantitative estimate of drug-likeness (QED) is 0.333. The molecule has 34 heavy (non-hydrogen) atoms. The van der Waals surface area contributed by atoms with Crippen molar-refractivity contribution < 1.29 is 14.3 Å². The number of nitrogens with one attached hydrogen (secondary N) is 2. The number of benzene rings is 3. The number of carbonyl (C=O) groups is 2. The van der Waals surface area contributed by atoms with Gasteiger partial charge in [0.05, 0.1) is 0 Å². The van der Waals surface area contributed by atoms with Gasteiger partial charge in [-0.2, -0.15) is 5.26 Å². The number of hydrogen-bond acceptors (Lipinski definition) is 4. The second-order valence-corrected chi connectivity index (χ2v) is 8.26. The first-order valence-corrected chi connectivity index (χ1v) is 10.9. The van der Waals surface area contributed by atoms with E-state index in [2.05, 4.69) is 10.6 Å². The number of nitrogens with zero attached hydrogens (tertiary/aromatic N) is 1. The molecule has 0 radical (unpaired) electrons. The molecule has 0 heterocycles. The maximum absolute atomic E-state index is 12.6. The summed E-state index contributed by atoms with van der Waals surface area (Å²) >= 11 is 6.12. The molecule has 0 saturated heterocycles. The van der Waals surface area contributed by atoms with Crippen LogP contribution >= 0.6 is 11.6 Å². The molecule has 0 unspecified atom stereocenters. The van der Waals surface area contributed by atoms with E-state index in [-0.39, 0.29) is 18.1 Å². The van der Waals surface area contributed by atoms with Gasteiger partial charge in [-0.25, -0.2) is 0 Å². The van der Waals surface area contributed by atoms with Gasteiger partial charge in [-0.3, -0.25) is 9.59 Å². The molecule has 0 aromatic heterocycles. The normalized spacial score (nSPS) is 10.9. The number of anilines is 2.